The van der Waals surface area contributed by atoms with Gasteiger partial charge in [-0.2, -0.15) is 9.97 Å². The predicted octanol–water partition coefficient (Wildman–Crippen LogP) is 8.86. The summed E-state index contributed by atoms with van der Waals surface area (Å²) in [5.74, 6) is 2.81. The van der Waals surface area contributed by atoms with E-state index in [9.17, 15) is 4.79 Å². The molecule has 3 aromatic carbocycles. The van der Waals surface area contributed by atoms with Gasteiger partial charge >= 0.3 is 12.1 Å². The quantitative estimate of drug-likeness (QED) is 0.157. The van der Waals surface area contributed by atoms with Gasteiger partial charge in [0.05, 0.1) is 41.9 Å². The van der Waals surface area contributed by atoms with E-state index in [0.717, 1.165) is 59.6 Å². The summed E-state index contributed by atoms with van der Waals surface area (Å²) >= 11 is 12.2. The molecule has 0 saturated carbocycles. The van der Waals surface area contributed by atoms with Gasteiger partial charge in [-0.1, -0.05) is 35.3 Å². The van der Waals surface area contributed by atoms with Crippen molar-refractivity contribution in [2.45, 2.75) is 70.6 Å². The Bertz CT molecular complexity index is 2050. The molecular weight excluding hydrogens is 705 g/mol. The van der Waals surface area contributed by atoms with Crippen molar-refractivity contribution < 1.29 is 23.7 Å². The van der Waals surface area contributed by atoms with Gasteiger partial charge in [-0.05, 0) is 95.2 Å². The van der Waals surface area contributed by atoms with Crippen LogP contribution in [-0.2, 0) is 4.74 Å². The number of anilines is 3. The number of nitrogens with zero attached hydrogens (tertiary/aromatic N) is 5. The van der Waals surface area contributed by atoms with Crippen molar-refractivity contribution in [1.82, 2.24) is 24.8 Å². The molecule has 1 amide bonds. The summed E-state index contributed by atoms with van der Waals surface area (Å²) in [6.07, 6.45) is 6.27. The molecule has 1 unspecified atom stereocenters. The van der Waals surface area contributed by atoms with E-state index in [2.05, 4.69) is 25.3 Å². The molecule has 14 heteroatoms. The van der Waals surface area contributed by atoms with Crippen LogP contribution in [0.4, 0.5) is 22.1 Å². The minimum Gasteiger partial charge on any atom is -0.493 e. The van der Waals surface area contributed by atoms with Crippen LogP contribution in [0.3, 0.4) is 0 Å². The Kier molecular flexibility index (Phi) is 11.3. The number of carbonyl (C=O) groups excluding carboxylic acids is 1. The maximum Gasteiger partial charge on any atom is 0.410 e. The van der Waals surface area contributed by atoms with Crippen molar-refractivity contribution >= 4 is 68.4 Å². The molecule has 2 aliphatic rings. The zero-order valence-electron chi connectivity index (χ0n) is 29.9. The number of fused-ring (bicyclic) bond motifs is 4. The Balaban J connectivity index is 0.000000299. The molecule has 52 heavy (non-hydrogen) atoms. The van der Waals surface area contributed by atoms with Gasteiger partial charge in [-0.3, -0.25) is 0 Å². The summed E-state index contributed by atoms with van der Waals surface area (Å²) in [6.45, 7) is 6.29. The molecule has 2 fully saturated rings. The maximum atomic E-state index is 12.8. The molecule has 5 aromatic rings. The number of rotatable bonds is 8. The lowest BCUT2D eigenvalue weighted by molar-refractivity contribution is 0.000955. The normalized spacial score (nSPS) is 18.1. The van der Waals surface area contributed by atoms with Crippen LogP contribution >= 0.6 is 23.2 Å². The topological polar surface area (TPSA) is 147 Å². The highest BCUT2D eigenvalue weighted by molar-refractivity contribution is 6.42. The Morgan fingerprint density at radius 3 is 2.35 bits per heavy atom. The Morgan fingerprint density at radius 2 is 1.65 bits per heavy atom. The smallest absolute Gasteiger partial charge is 0.410 e. The van der Waals surface area contributed by atoms with Crippen LogP contribution in [-0.4, -0.2) is 69.4 Å². The third-order valence-electron chi connectivity index (χ3n) is 9.12. The van der Waals surface area contributed by atoms with E-state index in [1.807, 2.05) is 68.1 Å². The molecule has 7 rings (SSSR count). The fourth-order valence-corrected chi connectivity index (χ4v) is 7.09. The maximum absolute atomic E-state index is 12.8. The van der Waals surface area contributed by atoms with Crippen LogP contribution in [0.25, 0.3) is 21.8 Å². The first-order valence-corrected chi connectivity index (χ1v) is 17.9. The van der Waals surface area contributed by atoms with E-state index in [-0.39, 0.29) is 18.2 Å². The van der Waals surface area contributed by atoms with Crippen LogP contribution in [0.15, 0.2) is 60.9 Å². The van der Waals surface area contributed by atoms with E-state index in [0.29, 0.717) is 51.7 Å². The van der Waals surface area contributed by atoms with Crippen molar-refractivity contribution in [3.05, 3.63) is 71.0 Å². The number of nitrogens with one attached hydrogen (secondary N) is 1. The van der Waals surface area contributed by atoms with Crippen LogP contribution in [0.5, 0.6) is 17.5 Å². The number of piperidine rings is 1. The number of para-hydroxylation sites is 1. The first-order valence-electron chi connectivity index (χ1n) is 17.2. The average Bonchev–Trinajstić information content (AvgIpc) is 3.39. The van der Waals surface area contributed by atoms with E-state index in [4.69, 9.17) is 47.9 Å². The Morgan fingerprint density at radius 1 is 0.904 bits per heavy atom. The van der Waals surface area contributed by atoms with Crippen molar-refractivity contribution in [2.75, 3.05) is 31.9 Å². The number of methoxy groups -OCH3 is 2. The molecule has 2 bridgehead atoms. The summed E-state index contributed by atoms with van der Waals surface area (Å²) in [7, 11) is 3.14. The fourth-order valence-electron chi connectivity index (χ4n) is 6.79. The largest absolute Gasteiger partial charge is 0.493 e. The minimum absolute atomic E-state index is 0.180. The van der Waals surface area contributed by atoms with Crippen molar-refractivity contribution in [2.24, 2.45) is 5.92 Å². The second kappa shape index (κ2) is 15.8. The van der Waals surface area contributed by atoms with Crippen molar-refractivity contribution in [3.8, 4) is 17.5 Å². The number of nitrogen functional groups attached to an aromatic ring is 1. The van der Waals surface area contributed by atoms with Gasteiger partial charge in [-0.25, -0.2) is 14.8 Å². The number of ether oxygens (including phenoxy) is 4. The molecule has 3 N–H and O–H groups in total. The number of amides is 1. The summed E-state index contributed by atoms with van der Waals surface area (Å²) in [5, 5.41) is 5.86. The van der Waals surface area contributed by atoms with Gasteiger partial charge in [0.1, 0.15) is 23.6 Å². The molecular formula is C38H43Cl2N7O5. The zero-order chi connectivity index (χ0) is 37.0. The third-order valence-corrected chi connectivity index (χ3v) is 9.86. The van der Waals surface area contributed by atoms with Gasteiger partial charge in [-0.15, -0.1) is 0 Å². The van der Waals surface area contributed by atoms with E-state index in [1.165, 1.54) is 13.4 Å². The standard InChI is InChI=1S/C29H34Cl2N4O4.C9H9N3O/c1-29(2,3)39-28(36)35-19-6-7-20(35)12-17(11-19)9-10-38-26-15-24-21(14-25(26)37-4)27(33-16-32-24)34-18-5-8-22(30)23(31)13-18;1-13-9-11-7-5-3-2-4-6(7)8(10)12-9/h5,8,13-17,19-20H,6-7,9-12H2,1-4H3,(H,32,33,34);2-5H,1H3,(H2,10,11,12)/t17?,19-,20+;. The fraction of sp³-hybridized carbons (Fsp3) is 0.395. The Hall–Kier alpha value is -4.81. The summed E-state index contributed by atoms with van der Waals surface area (Å²) in [4.78, 5) is 31.7. The number of benzene rings is 3. The molecule has 2 aromatic heterocycles. The molecule has 274 valence electrons. The molecule has 12 nitrogen and oxygen atoms in total. The number of hydrogen-bond donors (Lipinski definition) is 2. The Labute approximate surface area is 312 Å². The third kappa shape index (κ3) is 8.62. The number of hydrogen-bond acceptors (Lipinski definition) is 11. The van der Waals surface area contributed by atoms with Crippen molar-refractivity contribution in [3.63, 3.8) is 0 Å². The van der Waals surface area contributed by atoms with Crippen LogP contribution < -0.4 is 25.3 Å². The highest BCUT2D eigenvalue weighted by Gasteiger charge is 2.44. The first-order chi connectivity index (χ1) is 24.9. The van der Waals surface area contributed by atoms with Crippen LogP contribution in [0.2, 0.25) is 10.0 Å². The molecule has 3 atom stereocenters. The van der Waals surface area contributed by atoms with Gasteiger partial charge in [0.2, 0.25) is 0 Å². The number of aromatic nitrogens is 4. The van der Waals surface area contributed by atoms with Crippen LogP contribution in [0, 0.1) is 5.92 Å². The molecule has 2 saturated heterocycles. The monoisotopic (exact) mass is 747 g/mol. The van der Waals surface area contributed by atoms with Crippen LogP contribution in [0.1, 0.15) is 52.9 Å². The highest BCUT2D eigenvalue weighted by atomic mass is 35.5. The number of nitrogens with two attached hydrogens (primary N) is 1. The number of halogens is 2. The summed E-state index contributed by atoms with van der Waals surface area (Å²) in [5.41, 5.74) is 7.51. The first kappa shape index (κ1) is 37.0. The zero-order valence-corrected chi connectivity index (χ0v) is 31.4. The molecule has 4 heterocycles. The van der Waals surface area contributed by atoms with E-state index < -0.39 is 5.60 Å². The van der Waals surface area contributed by atoms with E-state index in [1.54, 1.807) is 19.2 Å². The van der Waals surface area contributed by atoms with Gasteiger partial charge in [0.15, 0.2) is 11.5 Å². The summed E-state index contributed by atoms with van der Waals surface area (Å²) in [6, 6.07) is 17.4. The summed E-state index contributed by atoms with van der Waals surface area (Å²) < 4.78 is 22.4. The van der Waals surface area contributed by atoms with Gasteiger partial charge < -0.3 is 34.9 Å². The minimum atomic E-state index is -0.481. The lowest BCUT2D eigenvalue weighted by Gasteiger charge is -2.39. The SMILES string of the molecule is COc1cc2c(Nc3ccc(Cl)c(Cl)c3)ncnc2cc1OCCC1C[C@H]2CC[C@@H](C1)N2C(=O)OC(C)(C)C.COc1nc(N)c2ccccc2n1. The second-order valence-corrected chi connectivity index (χ2v) is 14.7. The number of carbonyl (C=O) groups is 1. The lowest BCUT2D eigenvalue weighted by Crippen LogP contribution is -2.48. The predicted molar refractivity (Wildman–Crippen MR) is 204 cm³/mol. The van der Waals surface area contributed by atoms with Crippen molar-refractivity contribution in [1.29, 1.82) is 0 Å². The average molecular weight is 749 g/mol. The van der Waals surface area contributed by atoms with Gasteiger partial charge in [0, 0.05) is 34.6 Å². The van der Waals surface area contributed by atoms with Gasteiger partial charge in [0.25, 0.3) is 0 Å². The molecule has 0 spiro atoms. The van der Waals surface area contributed by atoms with E-state index >= 15 is 0 Å². The molecule has 0 aliphatic carbocycles. The highest BCUT2D eigenvalue weighted by Crippen LogP contribution is 2.41. The molecule has 0 radical (unpaired) electrons. The lowest BCUT2D eigenvalue weighted by atomic mass is 9.88. The molecule has 2 aliphatic heterocycles. The second-order valence-electron chi connectivity index (χ2n) is 13.9.